The van der Waals surface area contributed by atoms with E-state index in [1.165, 1.54) is 90.1 Å². The SMILES string of the molecule is CCc1c2[nH]c(c1C)Cc1[nH]c(c(C)c1CC)Cc1[nH]c(c(C)c1CC)Cc1[nH]c(c(C)c1CC)C2. The van der Waals surface area contributed by atoms with Gasteiger partial charge in [0.2, 0.25) is 0 Å². The molecular weight excluding hydrogens is 440 g/mol. The van der Waals surface area contributed by atoms with Crippen molar-refractivity contribution in [2.24, 2.45) is 0 Å². The van der Waals surface area contributed by atoms with E-state index in [2.05, 4.69) is 75.3 Å². The molecule has 4 aromatic rings. The monoisotopic (exact) mass is 484 g/mol. The summed E-state index contributed by atoms with van der Waals surface area (Å²) in [6.45, 7) is 18.4. The van der Waals surface area contributed by atoms with Gasteiger partial charge in [0.1, 0.15) is 0 Å². The zero-order valence-corrected chi connectivity index (χ0v) is 23.7. The van der Waals surface area contributed by atoms with Crippen LogP contribution in [0.5, 0.6) is 0 Å². The molecule has 0 saturated heterocycles. The minimum atomic E-state index is 0.938. The number of aromatic nitrogens is 4. The van der Waals surface area contributed by atoms with Crippen molar-refractivity contribution in [3.63, 3.8) is 0 Å². The van der Waals surface area contributed by atoms with E-state index in [9.17, 15) is 0 Å². The predicted octanol–water partition coefficient (Wildman–Crippen LogP) is 7.16. The third kappa shape index (κ3) is 3.90. The summed E-state index contributed by atoms with van der Waals surface area (Å²) < 4.78 is 0. The van der Waals surface area contributed by atoms with Crippen molar-refractivity contribution in [3.05, 3.63) is 90.1 Å². The fourth-order valence-corrected chi connectivity index (χ4v) is 6.97. The third-order valence-corrected chi connectivity index (χ3v) is 9.11. The quantitative estimate of drug-likeness (QED) is 0.209. The average molecular weight is 485 g/mol. The molecule has 4 nitrogen and oxygen atoms in total. The van der Waals surface area contributed by atoms with Crippen LogP contribution in [0.25, 0.3) is 0 Å². The van der Waals surface area contributed by atoms with Crippen molar-refractivity contribution in [1.29, 1.82) is 0 Å². The predicted molar refractivity (Wildman–Crippen MR) is 151 cm³/mol. The maximum Gasteiger partial charge on any atom is 0.0284 e. The molecule has 4 N–H and O–H groups in total. The largest absolute Gasteiger partial charge is 0.361 e. The second kappa shape index (κ2) is 9.53. The van der Waals surface area contributed by atoms with Crippen molar-refractivity contribution in [2.45, 2.75) is 107 Å². The average Bonchev–Trinajstić information content (AvgIpc) is 3.51. The summed E-state index contributed by atoms with van der Waals surface area (Å²) in [6, 6.07) is 0. The Bertz CT molecular complexity index is 1200. The number of aromatic amines is 4. The van der Waals surface area contributed by atoms with Gasteiger partial charge >= 0.3 is 0 Å². The first kappa shape index (κ1) is 24.8. The summed E-state index contributed by atoms with van der Waals surface area (Å²) in [7, 11) is 0. The van der Waals surface area contributed by atoms with Crippen molar-refractivity contribution in [1.82, 2.24) is 19.9 Å². The molecule has 5 heterocycles. The van der Waals surface area contributed by atoms with Gasteiger partial charge in [-0.3, -0.25) is 0 Å². The summed E-state index contributed by atoms with van der Waals surface area (Å²) in [6.07, 6.45) is 7.99. The van der Waals surface area contributed by atoms with Gasteiger partial charge < -0.3 is 19.9 Å². The molecular formula is C32H44N4. The number of hydrogen-bond donors (Lipinski definition) is 4. The molecule has 0 unspecified atom stereocenters. The van der Waals surface area contributed by atoms with Crippen LogP contribution in [0.3, 0.4) is 0 Å². The Labute approximate surface area is 216 Å². The highest BCUT2D eigenvalue weighted by atomic mass is 14.8. The van der Waals surface area contributed by atoms with Gasteiger partial charge in [0.25, 0.3) is 0 Å². The van der Waals surface area contributed by atoms with Crippen LogP contribution in [0, 0.1) is 27.7 Å². The molecule has 0 fully saturated rings. The molecule has 0 atom stereocenters. The van der Waals surface area contributed by atoms with E-state index in [1.807, 2.05) is 0 Å². The van der Waals surface area contributed by atoms with E-state index in [-0.39, 0.29) is 0 Å². The maximum absolute atomic E-state index is 3.90. The molecule has 192 valence electrons. The van der Waals surface area contributed by atoms with Crippen molar-refractivity contribution in [2.75, 3.05) is 0 Å². The van der Waals surface area contributed by atoms with Gasteiger partial charge in [-0.25, -0.2) is 0 Å². The Morgan fingerprint density at radius 2 is 0.556 bits per heavy atom. The van der Waals surface area contributed by atoms with Crippen LogP contribution in [-0.4, -0.2) is 19.9 Å². The standard InChI is InChI=1S/C32H44N4/c1-9-21-17(5)25-14-30-23(11-3)19(7)27(35-30)16-32-24(12-4)20(8)28(36-32)15-31-22(10-2)18(6)26(34-31)13-29(21)33-25/h33-36H,9-16H2,1-8H3. The zero-order chi connectivity index (χ0) is 25.7. The number of nitrogens with one attached hydrogen (secondary N) is 4. The Morgan fingerprint density at radius 1 is 0.361 bits per heavy atom. The van der Waals surface area contributed by atoms with Gasteiger partial charge in [-0.1, -0.05) is 27.7 Å². The molecule has 0 spiro atoms. The lowest BCUT2D eigenvalue weighted by atomic mass is 9.98. The van der Waals surface area contributed by atoms with Crippen LogP contribution in [-0.2, 0) is 51.4 Å². The first-order valence-corrected chi connectivity index (χ1v) is 14.1. The molecule has 36 heavy (non-hydrogen) atoms. The molecule has 5 rings (SSSR count). The van der Waals surface area contributed by atoms with Crippen LogP contribution < -0.4 is 0 Å². The molecule has 4 aromatic heterocycles. The summed E-state index contributed by atoms with van der Waals surface area (Å²) in [4.78, 5) is 15.6. The third-order valence-electron chi connectivity index (χ3n) is 9.11. The van der Waals surface area contributed by atoms with Crippen molar-refractivity contribution < 1.29 is 0 Å². The second-order valence-electron chi connectivity index (χ2n) is 10.9. The van der Waals surface area contributed by atoms with Gasteiger partial charge in [-0.2, -0.15) is 0 Å². The zero-order valence-electron chi connectivity index (χ0n) is 23.7. The Hall–Kier alpha value is -2.88. The van der Waals surface area contributed by atoms with E-state index < -0.39 is 0 Å². The summed E-state index contributed by atoms with van der Waals surface area (Å²) in [5.41, 5.74) is 22.7. The van der Waals surface area contributed by atoms with Crippen LogP contribution in [0.1, 0.15) is 118 Å². The summed E-state index contributed by atoms with van der Waals surface area (Å²) in [5.74, 6) is 0. The molecule has 1 aliphatic rings. The fourth-order valence-electron chi connectivity index (χ4n) is 6.97. The topological polar surface area (TPSA) is 63.2 Å². The van der Waals surface area contributed by atoms with E-state index in [1.54, 1.807) is 0 Å². The van der Waals surface area contributed by atoms with Crippen LogP contribution in [0.15, 0.2) is 0 Å². The molecule has 0 radical (unpaired) electrons. The normalized spacial score (nSPS) is 13.6. The molecule has 0 saturated carbocycles. The molecule has 0 aromatic carbocycles. The van der Waals surface area contributed by atoms with Crippen molar-refractivity contribution >= 4 is 0 Å². The molecule has 0 aliphatic carbocycles. The number of hydrogen-bond acceptors (Lipinski definition) is 0. The molecule has 0 amide bonds. The lowest BCUT2D eigenvalue weighted by Crippen LogP contribution is -1.98. The van der Waals surface area contributed by atoms with E-state index in [4.69, 9.17) is 0 Å². The van der Waals surface area contributed by atoms with Gasteiger partial charge in [0, 0.05) is 71.2 Å². The van der Waals surface area contributed by atoms with Crippen molar-refractivity contribution in [3.8, 4) is 0 Å². The highest BCUT2D eigenvalue weighted by molar-refractivity contribution is 5.48. The number of H-pyrrole nitrogens is 4. The first-order valence-electron chi connectivity index (χ1n) is 14.1. The van der Waals surface area contributed by atoms with Crippen LogP contribution in [0.2, 0.25) is 0 Å². The van der Waals surface area contributed by atoms with E-state index in [0.29, 0.717) is 0 Å². The Kier molecular flexibility index (Phi) is 6.57. The maximum atomic E-state index is 3.90. The summed E-state index contributed by atoms with van der Waals surface area (Å²) in [5, 5.41) is 0. The van der Waals surface area contributed by atoms with E-state index in [0.717, 1.165) is 51.4 Å². The second-order valence-corrected chi connectivity index (χ2v) is 10.9. The lowest BCUT2D eigenvalue weighted by Gasteiger charge is -2.04. The molecule has 4 heteroatoms. The van der Waals surface area contributed by atoms with Gasteiger partial charge in [-0.15, -0.1) is 0 Å². The summed E-state index contributed by atoms with van der Waals surface area (Å²) >= 11 is 0. The first-order chi connectivity index (χ1) is 17.3. The number of rotatable bonds is 4. The highest BCUT2D eigenvalue weighted by Crippen LogP contribution is 2.32. The molecule has 1 aliphatic heterocycles. The smallest absolute Gasteiger partial charge is 0.0284 e. The minimum Gasteiger partial charge on any atom is -0.361 e. The Morgan fingerprint density at radius 3 is 0.722 bits per heavy atom. The van der Waals surface area contributed by atoms with Gasteiger partial charge in [0.05, 0.1) is 0 Å². The van der Waals surface area contributed by atoms with Crippen LogP contribution in [0.4, 0.5) is 0 Å². The van der Waals surface area contributed by atoms with Gasteiger partial charge in [-0.05, 0) is 97.9 Å². The minimum absolute atomic E-state index is 0.938. The molecule has 8 bridgehead atoms. The number of fused-ring (bicyclic) bond motifs is 8. The Balaban J connectivity index is 1.73. The highest BCUT2D eigenvalue weighted by Gasteiger charge is 2.23. The lowest BCUT2D eigenvalue weighted by molar-refractivity contribution is 0.923. The van der Waals surface area contributed by atoms with Gasteiger partial charge in [0.15, 0.2) is 0 Å². The van der Waals surface area contributed by atoms with E-state index >= 15 is 0 Å². The fraction of sp³-hybridized carbons (Fsp3) is 0.500. The van der Waals surface area contributed by atoms with Crippen LogP contribution >= 0.6 is 0 Å².